The first-order valence-corrected chi connectivity index (χ1v) is 7.32. The van der Waals surface area contributed by atoms with Gasteiger partial charge in [-0.2, -0.15) is 5.10 Å². The number of rotatable bonds is 8. The Balaban J connectivity index is 1.98. The molecule has 0 saturated heterocycles. The molecule has 0 amide bonds. The van der Waals surface area contributed by atoms with Crippen LogP contribution < -0.4 is 5.32 Å². The minimum absolute atomic E-state index is 0.746. The zero-order chi connectivity index (χ0) is 14.9. The molecule has 0 aliphatic carbocycles. The smallest absolute Gasteiger partial charge is 0.0645 e. The van der Waals surface area contributed by atoms with Crippen molar-refractivity contribution in [2.75, 3.05) is 26.8 Å². The SMILES string of the molecule is CCC(=Cc1ccc(-n2cccn2)cc1)CNCCOC. The van der Waals surface area contributed by atoms with Crippen LogP contribution in [0.3, 0.4) is 0 Å². The Morgan fingerprint density at radius 3 is 2.76 bits per heavy atom. The molecule has 0 bridgehead atoms. The normalized spacial score (nSPS) is 11.8. The Kier molecular flexibility index (Phi) is 6.19. The van der Waals surface area contributed by atoms with Crippen LogP contribution in [-0.4, -0.2) is 36.6 Å². The summed E-state index contributed by atoms with van der Waals surface area (Å²) in [5.41, 5.74) is 3.68. The Hall–Kier alpha value is -1.91. The maximum absolute atomic E-state index is 5.03. The highest BCUT2D eigenvalue weighted by Gasteiger charge is 1.98. The van der Waals surface area contributed by atoms with Crippen molar-refractivity contribution in [1.29, 1.82) is 0 Å². The topological polar surface area (TPSA) is 39.1 Å². The van der Waals surface area contributed by atoms with Crippen molar-refractivity contribution in [3.05, 3.63) is 53.9 Å². The van der Waals surface area contributed by atoms with Crippen molar-refractivity contribution in [3.8, 4) is 5.69 Å². The summed E-state index contributed by atoms with van der Waals surface area (Å²) in [4.78, 5) is 0. The van der Waals surface area contributed by atoms with Crippen molar-refractivity contribution in [1.82, 2.24) is 15.1 Å². The van der Waals surface area contributed by atoms with E-state index in [0.29, 0.717) is 0 Å². The van der Waals surface area contributed by atoms with Gasteiger partial charge in [0.05, 0.1) is 12.3 Å². The van der Waals surface area contributed by atoms with E-state index >= 15 is 0 Å². The lowest BCUT2D eigenvalue weighted by Crippen LogP contribution is -2.21. The second-order valence-corrected chi connectivity index (χ2v) is 4.87. The first-order valence-electron chi connectivity index (χ1n) is 7.32. The number of hydrogen-bond acceptors (Lipinski definition) is 3. The van der Waals surface area contributed by atoms with Gasteiger partial charge in [0.2, 0.25) is 0 Å². The van der Waals surface area contributed by atoms with Gasteiger partial charge in [0.15, 0.2) is 0 Å². The zero-order valence-electron chi connectivity index (χ0n) is 12.7. The van der Waals surface area contributed by atoms with Gasteiger partial charge in [-0.25, -0.2) is 4.68 Å². The molecule has 4 nitrogen and oxygen atoms in total. The van der Waals surface area contributed by atoms with Gasteiger partial charge in [-0.05, 0) is 30.2 Å². The predicted octanol–water partition coefficient (Wildman–Crippen LogP) is 2.90. The maximum Gasteiger partial charge on any atom is 0.0645 e. The molecule has 2 aromatic rings. The van der Waals surface area contributed by atoms with Crippen LogP contribution in [-0.2, 0) is 4.74 Å². The highest BCUT2D eigenvalue weighted by atomic mass is 16.5. The van der Waals surface area contributed by atoms with E-state index in [9.17, 15) is 0 Å². The number of hydrogen-bond donors (Lipinski definition) is 1. The van der Waals surface area contributed by atoms with Crippen molar-refractivity contribution >= 4 is 6.08 Å². The van der Waals surface area contributed by atoms with E-state index < -0.39 is 0 Å². The monoisotopic (exact) mass is 285 g/mol. The Morgan fingerprint density at radius 2 is 2.14 bits per heavy atom. The molecule has 0 saturated carbocycles. The van der Waals surface area contributed by atoms with Gasteiger partial charge in [0.1, 0.15) is 0 Å². The number of nitrogens with zero attached hydrogens (tertiary/aromatic N) is 2. The van der Waals surface area contributed by atoms with E-state index in [0.717, 1.165) is 31.8 Å². The second-order valence-electron chi connectivity index (χ2n) is 4.87. The summed E-state index contributed by atoms with van der Waals surface area (Å²) in [6, 6.07) is 10.4. The fourth-order valence-electron chi connectivity index (χ4n) is 2.08. The van der Waals surface area contributed by atoms with Crippen LogP contribution >= 0.6 is 0 Å². The zero-order valence-corrected chi connectivity index (χ0v) is 12.7. The maximum atomic E-state index is 5.03. The molecule has 0 aliphatic heterocycles. The van der Waals surface area contributed by atoms with E-state index in [2.05, 4.69) is 47.7 Å². The third-order valence-corrected chi connectivity index (χ3v) is 3.32. The highest BCUT2D eigenvalue weighted by molar-refractivity contribution is 5.55. The number of nitrogens with one attached hydrogen (secondary N) is 1. The fraction of sp³-hybridized carbons (Fsp3) is 0.353. The second kappa shape index (κ2) is 8.39. The number of benzene rings is 1. The molecule has 0 unspecified atom stereocenters. The van der Waals surface area contributed by atoms with Crippen LogP contribution in [0.15, 0.2) is 48.3 Å². The summed E-state index contributed by atoms with van der Waals surface area (Å²) in [5.74, 6) is 0. The fourth-order valence-corrected chi connectivity index (χ4v) is 2.08. The van der Waals surface area contributed by atoms with E-state index in [-0.39, 0.29) is 0 Å². The summed E-state index contributed by atoms with van der Waals surface area (Å²) in [6.45, 7) is 4.71. The van der Waals surface area contributed by atoms with E-state index in [4.69, 9.17) is 4.74 Å². The van der Waals surface area contributed by atoms with E-state index in [1.54, 1.807) is 13.3 Å². The minimum atomic E-state index is 0.746. The van der Waals surface area contributed by atoms with Crippen LogP contribution in [0.4, 0.5) is 0 Å². The molecule has 1 heterocycles. The van der Waals surface area contributed by atoms with E-state index in [1.807, 2.05) is 16.9 Å². The summed E-state index contributed by atoms with van der Waals surface area (Å²) in [5, 5.41) is 7.61. The van der Waals surface area contributed by atoms with Gasteiger partial charge in [0.25, 0.3) is 0 Å². The average molecular weight is 285 g/mol. The van der Waals surface area contributed by atoms with Gasteiger partial charge in [0, 0.05) is 32.6 Å². The van der Waals surface area contributed by atoms with Crippen molar-refractivity contribution in [3.63, 3.8) is 0 Å². The third kappa shape index (κ3) is 4.85. The van der Waals surface area contributed by atoms with Crippen molar-refractivity contribution in [2.45, 2.75) is 13.3 Å². The molecule has 1 N–H and O–H groups in total. The molecule has 1 aromatic heterocycles. The van der Waals surface area contributed by atoms with Gasteiger partial charge in [-0.1, -0.05) is 30.7 Å². The van der Waals surface area contributed by atoms with Crippen LogP contribution in [0.25, 0.3) is 11.8 Å². The standard InChI is InChI=1S/C17H23N3O/c1-3-15(14-18-10-12-21-2)13-16-5-7-17(8-6-16)20-11-4-9-19-20/h4-9,11,13,18H,3,10,12,14H2,1-2H3. The third-order valence-electron chi connectivity index (χ3n) is 3.32. The molecule has 2 rings (SSSR count). The van der Waals surface area contributed by atoms with Crippen LogP contribution in [0.5, 0.6) is 0 Å². The van der Waals surface area contributed by atoms with Crippen molar-refractivity contribution in [2.24, 2.45) is 0 Å². The molecule has 112 valence electrons. The predicted molar refractivity (Wildman–Crippen MR) is 86.6 cm³/mol. The van der Waals surface area contributed by atoms with Crippen LogP contribution in [0.1, 0.15) is 18.9 Å². The van der Waals surface area contributed by atoms with Gasteiger partial charge < -0.3 is 10.1 Å². The average Bonchev–Trinajstić information content (AvgIpc) is 3.05. The first kappa shape index (κ1) is 15.5. The van der Waals surface area contributed by atoms with Gasteiger partial charge >= 0.3 is 0 Å². The number of methoxy groups -OCH3 is 1. The molecule has 0 atom stereocenters. The molecule has 4 heteroatoms. The Bertz CT molecular complexity index is 544. The first-order chi connectivity index (χ1) is 10.3. The molecule has 0 spiro atoms. The summed E-state index contributed by atoms with van der Waals surface area (Å²) < 4.78 is 6.90. The molecular weight excluding hydrogens is 262 g/mol. The van der Waals surface area contributed by atoms with Gasteiger partial charge in [-0.15, -0.1) is 0 Å². The number of aromatic nitrogens is 2. The Morgan fingerprint density at radius 1 is 1.33 bits per heavy atom. The molecule has 0 aliphatic rings. The highest BCUT2D eigenvalue weighted by Crippen LogP contribution is 2.13. The molecular formula is C17H23N3O. The van der Waals surface area contributed by atoms with Crippen LogP contribution in [0, 0.1) is 0 Å². The largest absolute Gasteiger partial charge is 0.383 e. The van der Waals surface area contributed by atoms with Crippen molar-refractivity contribution < 1.29 is 4.74 Å². The lowest BCUT2D eigenvalue weighted by atomic mass is 10.1. The quantitative estimate of drug-likeness (QED) is 0.758. The molecule has 21 heavy (non-hydrogen) atoms. The molecule has 0 fully saturated rings. The summed E-state index contributed by atoms with van der Waals surface area (Å²) in [6.07, 6.45) is 7.02. The summed E-state index contributed by atoms with van der Waals surface area (Å²) in [7, 11) is 1.72. The molecule has 0 radical (unpaired) electrons. The summed E-state index contributed by atoms with van der Waals surface area (Å²) >= 11 is 0. The lowest BCUT2D eigenvalue weighted by molar-refractivity contribution is 0.200. The van der Waals surface area contributed by atoms with Crippen LogP contribution in [0.2, 0.25) is 0 Å². The molecule has 1 aromatic carbocycles. The van der Waals surface area contributed by atoms with Gasteiger partial charge in [-0.3, -0.25) is 0 Å². The lowest BCUT2D eigenvalue weighted by Gasteiger charge is -2.08. The minimum Gasteiger partial charge on any atom is -0.383 e. The van der Waals surface area contributed by atoms with E-state index in [1.165, 1.54) is 11.1 Å². The number of ether oxygens (including phenoxy) is 1. The Labute approximate surface area is 126 Å².